The number of carbonyl (C=O) groups excluding carboxylic acids is 1. The highest BCUT2D eigenvalue weighted by molar-refractivity contribution is 5.76. The van der Waals surface area contributed by atoms with Crippen LogP contribution >= 0.6 is 0 Å². The Kier molecular flexibility index (Phi) is 6.85. The molecule has 20 heavy (non-hydrogen) atoms. The third kappa shape index (κ3) is 5.08. The molecule has 2 aliphatic rings. The van der Waals surface area contributed by atoms with Crippen molar-refractivity contribution in [1.29, 1.82) is 0 Å². The van der Waals surface area contributed by atoms with Gasteiger partial charge in [0.15, 0.2) is 0 Å². The molecule has 1 saturated carbocycles. The maximum atomic E-state index is 12.5. The van der Waals surface area contributed by atoms with Gasteiger partial charge < -0.3 is 10.2 Å². The molecule has 1 N–H and O–H groups in total. The fourth-order valence-electron chi connectivity index (χ4n) is 3.73. The quantitative estimate of drug-likeness (QED) is 0.784. The van der Waals surface area contributed by atoms with E-state index in [0.29, 0.717) is 17.7 Å². The molecular weight excluding hydrogens is 248 g/mol. The summed E-state index contributed by atoms with van der Waals surface area (Å²) >= 11 is 0. The van der Waals surface area contributed by atoms with Crippen LogP contribution < -0.4 is 5.32 Å². The monoisotopic (exact) mass is 280 g/mol. The van der Waals surface area contributed by atoms with Gasteiger partial charge in [0.05, 0.1) is 0 Å². The van der Waals surface area contributed by atoms with Gasteiger partial charge in [0.1, 0.15) is 0 Å². The van der Waals surface area contributed by atoms with Crippen molar-refractivity contribution in [3.05, 3.63) is 0 Å². The van der Waals surface area contributed by atoms with Crippen LogP contribution in [0.5, 0.6) is 0 Å². The molecule has 1 saturated heterocycles. The lowest BCUT2D eigenvalue weighted by molar-refractivity contribution is -0.132. The van der Waals surface area contributed by atoms with Crippen molar-refractivity contribution in [2.75, 3.05) is 26.2 Å². The maximum Gasteiger partial charge on any atom is 0.222 e. The van der Waals surface area contributed by atoms with Crippen LogP contribution in [-0.4, -0.2) is 37.0 Å². The summed E-state index contributed by atoms with van der Waals surface area (Å²) in [6, 6.07) is 0. The summed E-state index contributed by atoms with van der Waals surface area (Å²) in [5, 5.41) is 3.40. The van der Waals surface area contributed by atoms with Gasteiger partial charge in [0.2, 0.25) is 5.91 Å². The van der Waals surface area contributed by atoms with Gasteiger partial charge in [-0.3, -0.25) is 4.79 Å². The first kappa shape index (κ1) is 15.8. The molecule has 0 atom stereocenters. The molecule has 0 aromatic carbocycles. The minimum atomic E-state index is 0.415. The Morgan fingerprint density at radius 3 is 2.25 bits per heavy atom. The Morgan fingerprint density at radius 1 is 1.00 bits per heavy atom. The molecule has 1 heterocycles. The zero-order valence-corrected chi connectivity index (χ0v) is 13.2. The smallest absolute Gasteiger partial charge is 0.222 e. The Bertz CT molecular complexity index is 279. The van der Waals surface area contributed by atoms with Crippen molar-refractivity contribution < 1.29 is 4.79 Å². The van der Waals surface area contributed by atoms with Gasteiger partial charge in [-0.05, 0) is 57.5 Å². The minimum Gasteiger partial charge on any atom is -0.343 e. The molecule has 0 radical (unpaired) electrons. The van der Waals surface area contributed by atoms with E-state index in [1.165, 1.54) is 51.4 Å². The highest BCUT2D eigenvalue weighted by atomic mass is 16.2. The van der Waals surface area contributed by atoms with E-state index in [0.717, 1.165) is 32.6 Å². The Hall–Kier alpha value is -0.570. The zero-order chi connectivity index (χ0) is 14.2. The Balaban J connectivity index is 1.77. The van der Waals surface area contributed by atoms with E-state index in [9.17, 15) is 4.79 Å². The summed E-state index contributed by atoms with van der Waals surface area (Å²) in [5.41, 5.74) is 0. The third-order valence-electron chi connectivity index (χ3n) is 5.11. The van der Waals surface area contributed by atoms with E-state index in [1.54, 1.807) is 0 Å². The highest BCUT2D eigenvalue weighted by Crippen LogP contribution is 2.26. The van der Waals surface area contributed by atoms with Gasteiger partial charge >= 0.3 is 0 Å². The normalized spacial score (nSPS) is 22.4. The number of amides is 1. The average molecular weight is 280 g/mol. The van der Waals surface area contributed by atoms with Crippen LogP contribution in [0.25, 0.3) is 0 Å². The summed E-state index contributed by atoms with van der Waals surface area (Å²) in [4.78, 5) is 14.7. The first-order chi connectivity index (χ1) is 9.79. The summed E-state index contributed by atoms with van der Waals surface area (Å²) in [6.45, 7) is 6.25. The summed E-state index contributed by atoms with van der Waals surface area (Å²) in [7, 11) is 0. The number of nitrogens with one attached hydrogen (secondary N) is 1. The number of hydrogen-bond donors (Lipinski definition) is 1. The molecule has 1 aliphatic heterocycles. The molecule has 0 spiro atoms. The number of piperidine rings is 1. The minimum absolute atomic E-state index is 0.415. The topological polar surface area (TPSA) is 32.3 Å². The second kappa shape index (κ2) is 8.66. The van der Waals surface area contributed by atoms with Crippen molar-refractivity contribution >= 4 is 5.91 Å². The lowest BCUT2D eigenvalue weighted by Crippen LogP contribution is -2.39. The molecule has 0 unspecified atom stereocenters. The molecule has 3 nitrogen and oxygen atoms in total. The van der Waals surface area contributed by atoms with E-state index < -0.39 is 0 Å². The first-order valence-electron chi connectivity index (χ1n) is 8.78. The number of rotatable bonds is 5. The molecule has 116 valence electrons. The van der Waals surface area contributed by atoms with Crippen LogP contribution in [0.4, 0.5) is 0 Å². The fourth-order valence-corrected chi connectivity index (χ4v) is 3.73. The van der Waals surface area contributed by atoms with E-state index in [2.05, 4.69) is 17.1 Å². The molecule has 0 aromatic heterocycles. The van der Waals surface area contributed by atoms with Gasteiger partial charge in [-0.2, -0.15) is 0 Å². The van der Waals surface area contributed by atoms with E-state index in [-0.39, 0.29) is 0 Å². The largest absolute Gasteiger partial charge is 0.343 e. The van der Waals surface area contributed by atoms with Gasteiger partial charge in [0, 0.05) is 19.5 Å². The second-order valence-corrected chi connectivity index (χ2v) is 6.69. The van der Waals surface area contributed by atoms with Gasteiger partial charge in [0.25, 0.3) is 0 Å². The Labute approximate surface area is 124 Å². The van der Waals surface area contributed by atoms with Crippen molar-refractivity contribution in [3.63, 3.8) is 0 Å². The van der Waals surface area contributed by atoms with Crippen LogP contribution in [-0.2, 0) is 4.79 Å². The number of carbonyl (C=O) groups is 1. The average Bonchev–Trinajstić information content (AvgIpc) is 2.74. The van der Waals surface area contributed by atoms with Crippen LogP contribution in [0.2, 0.25) is 0 Å². The maximum absolute atomic E-state index is 12.5. The SMILES string of the molecule is CCN(CC1CCNCC1)C(=O)CC1CCCCCC1. The van der Waals surface area contributed by atoms with E-state index in [1.807, 2.05) is 0 Å². The molecule has 0 bridgehead atoms. The second-order valence-electron chi connectivity index (χ2n) is 6.69. The van der Waals surface area contributed by atoms with Crippen molar-refractivity contribution in [3.8, 4) is 0 Å². The van der Waals surface area contributed by atoms with E-state index in [4.69, 9.17) is 0 Å². The lowest BCUT2D eigenvalue weighted by Gasteiger charge is -2.30. The van der Waals surface area contributed by atoms with Crippen LogP contribution in [0, 0.1) is 11.8 Å². The van der Waals surface area contributed by atoms with Gasteiger partial charge in [-0.25, -0.2) is 0 Å². The van der Waals surface area contributed by atoms with Crippen LogP contribution in [0.3, 0.4) is 0 Å². The molecule has 2 rings (SSSR count). The summed E-state index contributed by atoms with van der Waals surface area (Å²) in [5.74, 6) is 1.79. The molecule has 1 aliphatic carbocycles. The van der Waals surface area contributed by atoms with E-state index >= 15 is 0 Å². The van der Waals surface area contributed by atoms with Gasteiger partial charge in [-0.15, -0.1) is 0 Å². The number of nitrogens with zero attached hydrogens (tertiary/aromatic N) is 1. The third-order valence-corrected chi connectivity index (χ3v) is 5.11. The lowest BCUT2D eigenvalue weighted by atomic mass is 9.94. The molecule has 1 amide bonds. The fraction of sp³-hybridized carbons (Fsp3) is 0.941. The Morgan fingerprint density at radius 2 is 1.65 bits per heavy atom. The number of hydrogen-bond acceptors (Lipinski definition) is 2. The van der Waals surface area contributed by atoms with Crippen molar-refractivity contribution in [2.45, 2.75) is 64.7 Å². The molecular formula is C17H32N2O. The zero-order valence-electron chi connectivity index (χ0n) is 13.2. The summed E-state index contributed by atoms with van der Waals surface area (Å²) in [6.07, 6.45) is 11.2. The highest BCUT2D eigenvalue weighted by Gasteiger charge is 2.22. The first-order valence-corrected chi connectivity index (χ1v) is 8.78. The summed E-state index contributed by atoms with van der Waals surface area (Å²) < 4.78 is 0. The standard InChI is InChI=1S/C17H32N2O/c1-2-19(14-16-9-11-18-12-10-16)17(20)13-15-7-5-3-4-6-8-15/h15-16,18H,2-14H2,1H3. The molecule has 0 aromatic rings. The van der Waals surface area contributed by atoms with Crippen LogP contribution in [0.1, 0.15) is 64.7 Å². The van der Waals surface area contributed by atoms with Crippen molar-refractivity contribution in [1.82, 2.24) is 10.2 Å². The van der Waals surface area contributed by atoms with Gasteiger partial charge in [-0.1, -0.05) is 25.7 Å². The predicted octanol–water partition coefficient (Wildman–Crippen LogP) is 3.20. The molecule has 3 heteroatoms. The van der Waals surface area contributed by atoms with Crippen LogP contribution in [0.15, 0.2) is 0 Å². The predicted molar refractivity (Wildman–Crippen MR) is 83.7 cm³/mol. The molecule has 2 fully saturated rings. The van der Waals surface area contributed by atoms with Crippen molar-refractivity contribution in [2.24, 2.45) is 11.8 Å².